The maximum Gasteiger partial charge on any atom is 0.242 e. The number of aryl methyl sites for hydroxylation is 3. The van der Waals surface area contributed by atoms with E-state index in [4.69, 9.17) is 0 Å². The lowest BCUT2D eigenvalue weighted by Gasteiger charge is -2.17. The molecule has 1 aliphatic heterocycles. The van der Waals surface area contributed by atoms with Gasteiger partial charge in [-0.1, -0.05) is 12.1 Å². The van der Waals surface area contributed by atoms with Crippen molar-refractivity contribution in [2.75, 3.05) is 13.1 Å². The van der Waals surface area contributed by atoms with E-state index in [-0.39, 0.29) is 5.91 Å². The molecule has 1 saturated heterocycles. The second-order valence-electron chi connectivity index (χ2n) is 6.91. The fourth-order valence-electron chi connectivity index (χ4n) is 3.84. The molecule has 1 amide bonds. The topological polar surface area (TPSA) is 56.0 Å². The van der Waals surface area contributed by atoms with Gasteiger partial charge in [0.05, 0.1) is 16.7 Å². The predicted molar refractivity (Wildman–Crippen MR) is 96.4 cm³/mol. The van der Waals surface area contributed by atoms with Gasteiger partial charge in [0.2, 0.25) is 5.91 Å². The average molecular weight is 337 g/mol. The molecule has 6 nitrogen and oxygen atoms in total. The van der Waals surface area contributed by atoms with E-state index in [1.807, 2.05) is 60.8 Å². The SMILES string of the molecule is Cc1cn(C)c([C@H]2CCN(C(=O)Cn3c(C)nc4ccccc43)C2)n1. The molecule has 1 atom stereocenters. The van der Waals surface area contributed by atoms with Crippen LogP contribution in [0.3, 0.4) is 0 Å². The molecule has 0 unspecified atom stereocenters. The molecule has 130 valence electrons. The van der Waals surface area contributed by atoms with Crippen LogP contribution in [0, 0.1) is 13.8 Å². The van der Waals surface area contributed by atoms with Gasteiger partial charge in [0.15, 0.2) is 0 Å². The van der Waals surface area contributed by atoms with Gasteiger partial charge in [-0.05, 0) is 32.4 Å². The van der Waals surface area contributed by atoms with E-state index in [0.717, 1.165) is 47.9 Å². The first-order chi connectivity index (χ1) is 12.0. The van der Waals surface area contributed by atoms with Crippen LogP contribution in [-0.2, 0) is 18.4 Å². The number of imidazole rings is 2. The van der Waals surface area contributed by atoms with E-state index >= 15 is 0 Å². The first-order valence-electron chi connectivity index (χ1n) is 8.72. The van der Waals surface area contributed by atoms with Crippen molar-refractivity contribution in [2.45, 2.75) is 32.7 Å². The van der Waals surface area contributed by atoms with Crippen LogP contribution in [0.25, 0.3) is 11.0 Å². The van der Waals surface area contributed by atoms with Gasteiger partial charge in [-0.25, -0.2) is 9.97 Å². The number of likely N-dealkylation sites (tertiary alicyclic amines) is 1. The Kier molecular flexibility index (Phi) is 3.82. The molecule has 6 heteroatoms. The summed E-state index contributed by atoms with van der Waals surface area (Å²) in [7, 11) is 2.03. The van der Waals surface area contributed by atoms with Gasteiger partial charge in [0, 0.05) is 32.3 Å². The number of hydrogen-bond acceptors (Lipinski definition) is 3. The quantitative estimate of drug-likeness (QED) is 0.737. The highest BCUT2D eigenvalue weighted by Gasteiger charge is 2.30. The molecule has 0 radical (unpaired) electrons. The van der Waals surface area contributed by atoms with Gasteiger partial charge in [-0.3, -0.25) is 4.79 Å². The van der Waals surface area contributed by atoms with Crippen LogP contribution in [0.2, 0.25) is 0 Å². The smallest absolute Gasteiger partial charge is 0.242 e. The van der Waals surface area contributed by atoms with Crippen molar-refractivity contribution >= 4 is 16.9 Å². The second kappa shape index (κ2) is 6.02. The summed E-state index contributed by atoms with van der Waals surface area (Å²) in [4.78, 5) is 24.0. The zero-order chi connectivity index (χ0) is 17.6. The molecule has 4 rings (SSSR count). The molecule has 1 aromatic carbocycles. The Balaban J connectivity index is 1.50. The third kappa shape index (κ3) is 2.81. The van der Waals surface area contributed by atoms with Crippen molar-refractivity contribution in [3.8, 4) is 0 Å². The van der Waals surface area contributed by atoms with Crippen molar-refractivity contribution in [3.05, 3.63) is 47.8 Å². The molecule has 0 bridgehead atoms. The van der Waals surface area contributed by atoms with Crippen LogP contribution >= 0.6 is 0 Å². The lowest BCUT2D eigenvalue weighted by molar-refractivity contribution is -0.130. The van der Waals surface area contributed by atoms with Gasteiger partial charge in [-0.15, -0.1) is 0 Å². The van der Waals surface area contributed by atoms with Crippen molar-refractivity contribution in [2.24, 2.45) is 7.05 Å². The van der Waals surface area contributed by atoms with Crippen molar-refractivity contribution < 1.29 is 4.79 Å². The standard InChI is InChI=1S/C19H23N5O/c1-13-10-22(3)19(20-13)15-8-9-23(11-15)18(25)12-24-14(2)21-16-6-4-5-7-17(16)24/h4-7,10,15H,8-9,11-12H2,1-3H3/t15-/m0/s1. The maximum atomic E-state index is 12.8. The predicted octanol–water partition coefficient (Wildman–Crippen LogP) is 2.40. The number of fused-ring (bicyclic) bond motifs is 1. The van der Waals surface area contributed by atoms with Gasteiger partial charge in [0.25, 0.3) is 0 Å². The summed E-state index contributed by atoms with van der Waals surface area (Å²) in [6.07, 6.45) is 3.01. The number of rotatable bonds is 3. The van der Waals surface area contributed by atoms with Gasteiger partial charge < -0.3 is 14.0 Å². The third-order valence-corrected chi connectivity index (χ3v) is 5.08. The Labute approximate surface area is 147 Å². The minimum atomic E-state index is 0.152. The fourth-order valence-corrected chi connectivity index (χ4v) is 3.84. The molecule has 0 N–H and O–H groups in total. The van der Waals surface area contributed by atoms with Crippen LogP contribution in [0.15, 0.2) is 30.5 Å². The molecular weight excluding hydrogens is 314 g/mol. The number of amides is 1. The Morgan fingerprint density at radius 3 is 2.80 bits per heavy atom. The number of carbonyl (C=O) groups excluding carboxylic acids is 1. The number of hydrogen-bond donors (Lipinski definition) is 0. The molecule has 1 aliphatic rings. The zero-order valence-corrected chi connectivity index (χ0v) is 14.9. The van der Waals surface area contributed by atoms with Gasteiger partial charge in [-0.2, -0.15) is 0 Å². The molecular formula is C19H23N5O. The molecule has 1 fully saturated rings. The highest BCUT2D eigenvalue weighted by molar-refractivity contribution is 5.81. The molecule has 0 saturated carbocycles. The Morgan fingerprint density at radius 2 is 2.04 bits per heavy atom. The summed E-state index contributed by atoms with van der Waals surface area (Å²) in [5.41, 5.74) is 2.99. The highest BCUT2D eigenvalue weighted by atomic mass is 16.2. The zero-order valence-electron chi connectivity index (χ0n) is 14.9. The minimum absolute atomic E-state index is 0.152. The molecule has 3 aromatic rings. The van der Waals surface area contributed by atoms with E-state index in [1.54, 1.807) is 0 Å². The summed E-state index contributed by atoms with van der Waals surface area (Å²) < 4.78 is 4.09. The van der Waals surface area contributed by atoms with Crippen LogP contribution in [0.1, 0.15) is 29.7 Å². The van der Waals surface area contributed by atoms with E-state index < -0.39 is 0 Å². The number of benzene rings is 1. The van der Waals surface area contributed by atoms with Crippen molar-refractivity contribution in [3.63, 3.8) is 0 Å². The largest absolute Gasteiger partial charge is 0.340 e. The minimum Gasteiger partial charge on any atom is -0.340 e. The lowest BCUT2D eigenvalue weighted by atomic mass is 10.1. The second-order valence-corrected chi connectivity index (χ2v) is 6.91. The molecule has 2 aromatic heterocycles. The fraction of sp³-hybridized carbons (Fsp3) is 0.421. The van der Waals surface area contributed by atoms with Crippen LogP contribution in [-0.4, -0.2) is 43.0 Å². The summed E-state index contributed by atoms with van der Waals surface area (Å²) in [6.45, 7) is 5.85. The third-order valence-electron chi connectivity index (χ3n) is 5.08. The van der Waals surface area contributed by atoms with Gasteiger partial charge >= 0.3 is 0 Å². The highest BCUT2D eigenvalue weighted by Crippen LogP contribution is 2.27. The summed E-state index contributed by atoms with van der Waals surface area (Å²) in [6, 6.07) is 7.96. The lowest BCUT2D eigenvalue weighted by Crippen LogP contribution is -2.32. The number of nitrogens with zero attached hydrogens (tertiary/aromatic N) is 5. The first kappa shape index (κ1) is 15.9. The van der Waals surface area contributed by atoms with Crippen LogP contribution in [0.5, 0.6) is 0 Å². The number of carbonyl (C=O) groups is 1. The molecule has 0 aliphatic carbocycles. The first-order valence-corrected chi connectivity index (χ1v) is 8.72. The van der Waals surface area contributed by atoms with Crippen molar-refractivity contribution in [1.82, 2.24) is 24.0 Å². The van der Waals surface area contributed by atoms with E-state index in [2.05, 4.69) is 14.5 Å². The Bertz CT molecular complexity index is 939. The summed E-state index contributed by atoms with van der Waals surface area (Å²) in [5.74, 6) is 2.44. The summed E-state index contributed by atoms with van der Waals surface area (Å²) in [5, 5.41) is 0. The Morgan fingerprint density at radius 1 is 1.24 bits per heavy atom. The maximum absolute atomic E-state index is 12.8. The molecule has 3 heterocycles. The molecule has 0 spiro atoms. The van der Waals surface area contributed by atoms with E-state index in [1.165, 1.54) is 0 Å². The summed E-state index contributed by atoms with van der Waals surface area (Å²) >= 11 is 0. The van der Waals surface area contributed by atoms with Crippen LogP contribution < -0.4 is 0 Å². The monoisotopic (exact) mass is 337 g/mol. The number of para-hydroxylation sites is 2. The molecule has 25 heavy (non-hydrogen) atoms. The van der Waals surface area contributed by atoms with Crippen LogP contribution in [0.4, 0.5) is 0 Å². The average Bonchev–Trinajstić information content (AvgIpc) is 3.26. The van der Waals surface area contributed by atoms with E-state index in [9.17, 15) is 4.79 Å². The van der Waals surface area contributed by atoms with Gasteiger partial charge in [0.1, 0.15) is 18.2 Å². The van der Waals surface area contributed by atoms with Crippen molar-refractivity contribution in [1.29, 1.82) is 0 Å². The normalized spacial score (nSPS) is 17.6. The Hall–Kier alpha value is -2.63. The van der Waals surface area contributed by atoms with E-state index in [0.29, 0.717) is 12.5 Å². The number of aromatic nitrogens is 4.